The molecule has 0 aromatic heterocycles. The summed E-state index contributed by atoms with van der Waals surface area (Å²) >= 11 is 0. The van der Waals surface area contributed by atoms with E-state index in [0.717, 1.165) is 6.42 Å². The Morgan fingerprint density at radius 3 is 1.57 bits per heavy atom. The fourth-order valence-electron chi connectivity index (χ4n) is 0. The van der Waals surface area contributed by atoms with Gasteiger partial charge in [-0.3, -0.25) is 0 Å². The molecule has 0 atom stereocenters. The summed E-state index contributed by atoms with van der Waals surface area (Å²) in [5.74, 6) is 0. The molecule has 0 aliphatic rings. The van der Waals surface area contributed by atoms with E-state index in [1.54, 1.807) is 13.8 Å². The van der Waals surface area contributed by atoms with Crippen molar-refractivity contribution < 1.29 is 5.11 Å². The first-order chi connectivity index (χ1) is 2.56. The van der Waals surface area contributed by atoms with Crippen molar-refractivity contribution in [2.45, 2.75) is 32.8 Å². The van der Waals surface area contributed by atoms with Gasteiger partial charge >= 0.3 is 37.7 Å². The van der Waals surface area contributed by atoms with Gasteiger partial charge in [-0.25, -0.2) is 0 Å². The zero-order chi connectivity index (χ0) is 5.21. The van der Waals surface area contributed by atoms with Crippen LogP contribution in [0.3, 0.4) is 0 Å². The van der Waals surface area contributed by atoms with E-state index in [1.807, 2.05) is 6.92 Å². The third-order valence-electron chi connectivity index (χ3n) is 0.865. The van der Waals surface area contributed by atoms with Gasteiger partial charge in [0.05, 0.1) is 5.60 Å². The van der Waals surface area contributed by atoms with Crippen molar-refractivity contribution >= 4 is 37.7 Å². The summed E-state index contributed by atoms with van der Waals surface area (Å²) in [5.41, 5.74) is -0.458. The molecule has 0 heterocycles. The Hall–Kier alpha value is 1.22. The van der Waals surface area contributed by atoms with E-state index in [1.165, 1.54) is 0 Å². The van der Waals surface area contributed by atoms with Crippen molar-refractivity contribution in [3.63, 3.8) is 0 Å². The van der Waals surface area contributed by atoms with Crippen LogP contribution in [0.4, 0.5) is 0 Å². The third kappa shape index (κ3) is 11.0. The van der Waals surface area contributed by atoms with Crippen LogP contribution < -0.4 is 0 Å². The van der Waals surface area contributed by atoms with Gasteiger partial charge in [0, 0.05) is 0 Å². The van der Waals surface area contributed by atoms with Crippen LogP contribution in [0.15, 0.2) is 0 Å². The Labute approximate surface area is 75.1 Å². The first-order valence-electron chi connectivity index (χ1n) is 2.28. The molecule has 0 aromatic rings. The molecule has 0 amide bonds. The maximum absolute atomic E-state index is 8.83. The van der Waals surface area contributed by atoms with E-state index in [4.69, 9.17) is 5.11 Å². The third-order valence-corrected chi connectivity index (χ3v) is 0.865. The molecule has 2 heteroatoms. The van der Waals surface area contributed by atoms with Gasteiger partial charge in [-0.05, 0) is 20.3 Å². The van der Waals surface area contributed by atoms with Gasteiger partial charge in [-0.1, -0.05) is 6.92 Å². The van der Waals surface area contributed by atoms with Crippen molar-refractivity contribution in [3.05, 3.63) is 0 Å². The molecule has 1 nitrogen and oxygen atoms in total. The molecule has 42 valence electrons. The summed E-state index contributed by atoms with van der Waals surface area (Å²) in [6, 6.07) is 0. The van der Waals surface area contributed by atoms with Gasteiger partial charge in [0.25, 0.3) is 0 Å². The summed E-state index contributed by atoms with van der Waals surface area (Å²) in [5, 5.41) is 8.83. The molecule has 0 bridgehead atoms. The normalized spacial score (nSPS) is 10.3. The molecule has 0 saturated heterocycles. The second kappa shape index (κ2) is 4.13. The van der Waals surface area contributed by atoms with Gasteiger partial charge in [0.15, 0.2) is 0 Å². The zero-order valence-electron chi connectivity index (χ0n) is 4.65. The minimum atomic E-state index is -0.458. The second-order valence-corrected chi connectivity index (χ2v) is 2.17. The topological polar surface area (TPSA) is 20.2 Å². The first-order valence-corrected chi connectivity index (χ1v) is 2.28. The van der Waals surface area contributed by atoms with Crippen molar-refractivity contribution in [2.24, 2.45) is 0 Å². The standard InChI is InChI=1S/C5H12O.Ca.2H/c1-4-5(2,3)6;;;/h6H,4H2,1-3H3;;;. The molecule has 0 aromatic carbocycles. The van der Waals surface area contributed by atoms with Crippen LogP contribution in [0.25, 0.3) is 0 Å². The molecule has 0 radical (unpaired) electrons. The molecule has 0 saturated carbocycles. The van der Waals surface area contributed by atoms with Crippen molar-refractivity contribution in [1.29, 1.82) is 0 Å². The van der Waals surface area contributed by atoms with E-state index >= 15 is 0 Å². The average Bonchev–Trinajstić information content (AvgIpc) is 1.35. The van der Waals surface area contributed by atoms with Crippen LogP contribution in [0, 0.1) is 0 Å². The van der Waals surface area contributed by atoms with E-state index in [2.05, 4.69) is 0 Å². The summed E-state index contributed by atoms with van der Waals surface area (Å²) in [6.45, 7) is 5.56. The van der Waals surface area contributed by atoms with E-state index < -0.39 is 5.60 Å². The second-order valence-electron chi connectivity index (χ2n) is 2.17. The molecule has 7 heavy (non-hydrogen) atoms. The van der Waals surface area contributed by atoms with Gasteiger partial charge in [0.1, 0.15) is 0 Å². The van der Waals surface area contributed by atoms with Crippen molar-refractivity contribution in [1.82, 2.24) is 0 Å². The quantitative estimate of drug-likeness (QED) is 0.505. The Morgan fingerprint density at radius 1 is 1.43 bits per heavy atom. The molecule has 0 fully saturated rings. The van der Waals surface area contributed by atoms with Crippen LogP contribution in [-0.4, -0.2) is 48.4 Å². The summed E-state index contributed by atoms with van der Waals surface area (Å²) < 4.78 is 0. The molecule has 0 aliphatic carbocycles. The Balaban J connectivity index is 0. The predicted molar refractivity (Wildman–Crippen MR) is 35.1 cm³/mol. The van der Waals surface area contributed by atoms with E-state index in [-0.39, 0.29) is 37.7 Å². The minimum absolute atomic E-state index is 0. The SMILES string of the molecule is CCC(C)(C)O.[CaH2]. The average molecular weight is 130 g/mol. The van der Waals surface area contributed by atoms with Crippen LogP contribution in [0.1, 0.15) is 27.2 Å². The fourth-order valence-corrected chi connectivity index (χ4v) is 0. The van der Waals surface area contributed by atoms with Gasteiger partial charge in [-0.2, -0.15) is 0 Å². The number of hydrogen-bond donors (Lipinski definition) is 1. The van der Waals surface area contributed by atoms with Gasteiger partial charge in [0.2, 0.25) is 0 Å². The van der Waals surface area contributed by atoms with E-state index in [9.17, 15) is 0 Å². The number of aliphatic hydroxyl groups is 1. The molecule has 0 spiro atoms. The molecule has 0 rings (SSSR count). The number of hydrogen-bond acceptors (Lipinski definition) is 1. The van der Waals surface area contributed by atoms with Crippen molar-refractivity contribution in [2.75, 3.05) is 0 Å². The Morgan fingerprint density at radius 2 is 1.57 bits per heavy atom. The van der Waals surface area contributed by atoms with E-state index in [0.29, 0.717) is 0 Å². The van der Waals surface area contributed by atoms with Gasteiger partial charge < -0.3 is 5.11 Å². The maximum atomic E-state index is 8.83. The predicted octanol–water partition coefficient (Wildman–Crippen LogP) is 0.251. The zero-order valence-corrected chi connectivity index (χ0v) is 4.65. The first kappa shape index (κ1) is 11.1. The molecule has 1 N–H and O–H groups in total. The molecular formula is C5H14CaO. The van der Waals surface area contributed by atoms with Crippen LogP contribution in [0.2, 0.25) is 0 Å². The van der Waals surface area contributed by atoms with Crippen LogP contribution in [-0.2, 0) is 0 Å². The summed E-state index contributed by atoms with van der Waals surface area (Å²) in [6.07, 6.45) is 0.826. The molecular weight excluding hydrogens is 116 g/mol. The Kier molecular flexibility index (Phi) is 6.54. The summed E-state index contributed by atoms with van der Waals surface area (Å²) in [7, 11) is 0. The summed E-state index contributed by atoms with van der Waals surface area (Å²) in [4.78, 5) is 0. The Bertz CT molecular complexity index is 37.8. The van der Waals surface area contributed by atoms with Crippen LogP contribution in [0.5, 0.6) is 0 Å². The van der Waals surface area contributed by atoms with Crippen LogP contribution >= 0.6 is 0 Å². The van der Waals surface area contributed by atoms with Crippen molar-refractivity contribution in [3.8, 4) is 0 Å². The monoisotopic (exact) mass is 130 g/mol. The fraction of sp³-hybridized carbons (Fsp3) is 1.00. The molecule has 0 unspecified atom stereocenters. The molecule has 0 aliphatic heterocycles. The van der Waals surface area contributed by atoms with Gasteiger partial charge in [-0.15, -0.1) is 0 Å². The number of rotatable bonds is 1.